The summed E-state index contributed by atoms with van der Waals surface area (Å²) in [5.74, 6) is 0. The summed E-state index contributed by atoms with van der Waals surface area (Å²) in [6.07, 6.45) is 3.95. The molecule has 0 spiro atoms. The second-order valence-electron chi connectivity index (χ2n) is 4.32. The fraction of sp³-hybridized carbons (Fsp3) is 0.417. The van der Waals surface area contributed by atoms with Crippen LogP contribution in [0.3, 0.4) is 0 Å². The molecular weight excluding hydrogens is 300 g/mol. The van der Waals surface area contributed by atoms with E-state index >= 15 is 0 Å². The zero-order chi connectivity index (χ0) is 14.6. The number of sulfonamides is 1. The van der Waals surface area contributed by atoms with Crippen molar-refractivity contribution < 1.29 is 8.42 Å². The number of aromatic amines is 1. The maximum Gasteiger partial charge on any atom is 0.242 e. The lowest BCUT2D eigenvalue weighted by Crippen LogP contribution is -2.32. The molecular formula is C12H17ClN4O2S. The van der Waals surface area contributed by atoms with Gasteiger partial charge in [-0.3, -0.25) is 0 Å². The number of hydrogen-bond donors (Lipinski definition) is 3. The molecule has 2 rings (SSSR count). The Morgan fingerprint density at radius 3 is 2.90 bits per heavy atom. The Labute approximate surface area is 123 Å². The van der Waals surface area contributed by atoms with Crippen molar-refractivity contribution in [1.82, 2.24) is 20.0 Å². The van der Waals surface area contributed by atoms with Crippen LogP contribution in [0, 0.1) is 0 Å². The van der Waals surface area contributed by atoms with Crippen LogP contribution in [0.15, 0.2) is 23.4 Å². The van der Waals surface area contributed by atoms with Gasteiger partial charge in [-0.1, -0.05) is 18.5 Å². The zero-order valence-corrected chi connectivity index (χ0v) is 12.7. The van der Waals surface area contributed by atoms with Gasteiger partial charge in [-0.05, 0) is 19.0 Å². The van der Waals surface area contributed by atoms with Gasteiger partial charge < -0.3 is 10.3 Å². The summed E-state index contributed by atoms with van der Waals surface area (Å²) in [7, 11) is -3.60. The van der Waals surface area contributed by atoms with Crippen molar-refractivity contribution in [2.45, 2.75) is 18.2 Å². The molecule has 0 saturated heterocycles. The number of rotatable bonds is 7. The van der Waals surface area contributed by atoms with E-state index in [2.05, 4.69) is 26.9 Å². The molecule has 110 valence electrons. The molecule has 0 radical (unpaired) electrons. The van der Waals surface area contributed by atoms with E-state index in [1.54, 1.807) is 6.07 Å². The number of aromatic nitrogens is 2. The molecule has 6 nitrogen and oxygen atoms in total. The van der Waals surface area contributed by atoms with Crippen LogP contribution < -0.4 is 10.0 Å². The van der Waals surface area contributed by atoms with Crippen LogP contribution >= 0.6 is 11.6 Å². The summed E-state index contributed by atoms with van der Waals surface area (Å²) in [5, 5.41) is 3.91. The topological polar surface area (TPSA) is 86.9 Å². The van der Waals surface area contributed by atoms with Gasteiger partial charge in [-0.15, -0.1) is 0 Å². The Balaban J connectivity index is 2.16. The molecule has 0 aliphatic rings. The second-order valence-corrected chi connectivity index (χ2v) is 6.46. The molecule has 0 amide bonds. The first-order chi connectivity index (χ1) is 9.56. The summed E-state index contributed by atoms with van der Waals surface area (Å²) in [4.78, 5) is 6.99. The van der Waals surface area contributed by atoms with Gasteiger partial charge >= 0.3 is 0 Å². The summed E-state index contributed by atoms with van der Waals surface area (Å²) in [6, 6.07) is 1.57. The summed E-state index contributed by atoms with van der Waals surface area (Å²) in [5.41, 5.74) is 0.460. The first kappa shape index (κ1) is 15.2. The molecule has 2 heterocycles. The van der Waals surface area contributed by atoms with Gasteiger partial charge in [0.25, 0.3) is 0 Å². The first-order valence-electron chi connectivity index (χ1n) is 6.38. The summed E-state index contributed by atoms with van der Waals surface area (Å²) in [6.45, 7) is 3.83. The molecule has 0 bridgehead atoms. The van der Waals surface area contributed by atoms with Crippen molar-refractivity contribution in [2.75, 3.05) is 19.6 Å². The third-order valence-corrected chi connectivity index (χ3v) is 4.60. The molecule has 20 heavy (non-hydrogen) atoms. The Hall–Kier alpha value is -1.15. The summed E-state index contributed by atoms with van der Waals surface area (Å²) >= 11 is 6.05. The fourth-order valence-corrected chi connectivity index (χ4v) is 3.37. The Morgan fingerprint density at radius 2 is 2.15 bits per heavy atom. The molecule has 2 aromatic rings. The SMILES string of the molecule is CCCNCCNS(=O)(=O)c1c[nH]c2nccc(Cl)c12. The van der Waals surface area contributed by atoms with Gasteiger partial charge in [0.15, 0.2) is 0 Å². The van der Waals surface area contributed by atoms with Gasteiger partial charge in [0.2, 0.25) is 10.0 Å². The third-order valence-electron chi connectivity index (χ3n) is 2.80. The van der Waals surface area contributed by atoms with Crippen molar-refractivity contribution >= 4 is 32.7 Å². The lowest BCUT2D eigenvalue weighted by Gasteiger charge is -2.07. The van der Waals surface area contributed by atoms with Gasteiger partial charge in [-0.25, -0.2) is 18.1 Å². The summed E-state index contributed by atoms with van der Waals surface area (Å²) < 4.78 is 27.0. The van der Waals surface area contributed by atoms with Gasteiger partial charge in [0.1, 0.15) is 10.5 Å². The molecule has 8 heteroatoms. The standard InChI is InChI=1S/C12H17ClN4O2S/c1-2-4-14-6-7-17-20(18,19)10-8-16-12-11(10)9(13)3-5-15-12/h3,5,8,14,17H,2,4,6-7H2,1H3,(H,15,16). The Bertz CT molecular complexity index is 684. The zero-order valence-electron chi connectivity index (χ0n) is 11.1. The minimum atomic E-state index is -3.60. The second kappa shape index (κ2) is 6.53. The first-order valence-corrected chi connectivity index (χ1v) is 8.24. The van der Waals surface area contributed by atoms with E-state index < -0.39 is 10.0 Å². The quantitative estimate of drug-likeness (QED) is 0.675. The molecule has 2 aromatic heterocycles. The van der Waals surface area contributed by atoms with E-state index in [0.717, 1.165) is 13.0 Å². The third kappa shape index (κ3) is 3.29. The molecule has 0 aliphatic carbocycles. The molecule has 0 fully saturated rings. The highest BCUT2D eigenvalue weighted by Gasteiger charge is 2.20. The minimum Gasteiger partial charge on any atom is -0.345 e. The van der Waals surface area contributed by atoms with E-state index in [-0.39, 0.29) is 4.90 Å². The number of nitrogens with one attached hydrogen (secondary N) is 3. The molecule has 3 N–H and O–H groups in total. The van der Waals surface area contributed by atoms with E-state index in [1.165, 1.54) is 12.4 Å². The smallest absolute Gasteiger partial charge is 0.242 e. The monoisotopic (exact) mass is 316 g/mol. The van der Waals surface area contributed by atoms with Crippen molar-refractivity contribution in [2.24, 2.45) is 0 Å². The van der Waals surface area contributed by atoms with Gasteiger partial charge in [0, 0.05) is 25.5 Å². The highest BCUT2D eigenvalue weighted by atomic mass is 35.5. The predicted octanol–water partition coefficient (Wildman–Crippen LogP) is 1.49. The highest BCUT2D eigenvalue weighted by Crippen LogP contribution is 2.27. The molecule has 0 saturated carbocycles. The Kier molecular flexibility index (Phi) is 4.98. The molecule has 0 aromatic carbocycles. The van der Waals surface area contributed by atoms with Crippen LogP contribution in [-0.2, 0) is 10.0 Å². The highest BCUT2D eigenvalue weighted by molar-refractivity contribution is 7.89. The fourth-order valence-electron chi connectivity index (χ4n) is 1.85. The van der Waals surface area contributed by atoms with Crippen molar-refractivity contribution in [3.8, 4) is 0 Å². The van der Waals surface area contributed by atoms with Crippen molar-refractivity contribution in [3.05, 3.63) is 23.5 Å². The van der Waals surface area contributed by atoms with E-state index in [0.29, 0.717) is 29.1 Å². The average molecular weight is 317 g/mol. The van der Waals surface area contributed by atoms with Crippen LogP contribution in [0.4, 0.5) is 0 Å². The molecule has 0 unspecified atom stereocenters. The van der Waals surface area contributed by atoms with Crippen LogP contribution in [-0.4, -0.2) is 38.0 Å². The van der Waals surface area contributed by atoms with E-state index in [1.807, 2.05) is 0 Å². The van der Waals surface area contributed by atoms with Crippen LogP contribution in [0.1, 0.15) is 13.3 Å². The number of H-pyrrole nitrogens is 1. The number of fused-ring (bicyclic) bond motifs is 1. The number of halogens is 1. The van der Waals surface area contributed by atoms with Crippen molar-refractivity contribution in [3.63, 3.8) is 0 Å². The minimum absolute atomic E-state index is 0.126. The normalized spacial score (nSPS) is 12.1. The van der Waals surface area contributed by atoms with E-state index in [9.17, 15) is 8.42 Å². The van der Waals surface area contributed by atoms with E-state index in [4.69, 9.17) is 11.6 Å². The largest absolute Gasteiger partial charge is 0.345 e. The lowest BCUT2D eigenvalue weighted by atomic mass is 10.3. The number of hydrogen-bond acceptors (Lipinski definition) is 4. The van der Waals surface area contributed by atoms with Gasteiger partial charge in [0.05, 0.1) is 10.4 Å². The maximum atomic E-state index is 12.2. The van der Waals surface area contributed by atoms with Crippen LogP contribution in [0.5, 0.6) is 0 Å². The van der Waals surface area contributed by atoms with Gasteiger partial charge in [-0.2, -0.15) is 0 Å². The molecule has 0 atom stereocenters. The lowest BCUT2D eigenvalue weighted by molar-refractivity contribution is 0.576. The Morgan fingerprint density at radius 1 is 1.35 bits per heavy atom. The maximum absolute atomic E-state index is 12.2. The average Bonchev–Trinajstić information content (AvgIpc) is 2.84. The number of pyridine rings is 1. The van der Waals surface area contributed by atoms with Crippen molar-refractivity contribution in [1.29, 1.82) is 0 Å². The van der Waals surface area contributed by atoms with Crippen LogP contribution in [0.25, 0.3) is 11.0 Å². The molecule has 0 aliphatic heterocycles. The predicted molar refractivity (Wildman–Crippen MR) is 79.5 cm³/mol. The number of nitrogens with zero attached hydrogens (tertiary/aromatic N) is 1. The van der Waals surface area contributed by atoms with Crippen LogP contribution in [0.2, 0.25) is 5.02 Å².